The van der Waals surface area contributed by atoms with E-state index in [0.29, 0.717) is 19.1 Å². The minimum Gasteiger partial charge on any atom is -0.493 e. The molecule has 21 heavy (non-hydrogen) atoms. The molecule has 1 aromatic rings. The van der Waals surface area contributed by atoms with E-state index in [1.165, 1.54) is 0 Å². The molecule has 0 aliphatic carbocycles. The van der Waals surface area contributed by atoms with E-state index in [9.17, 15) is 13.2 Å². The van der Waals surface area contributed by atoms with Gasteiger partial charge in [-0.25, -0.2) is 0 Å². The van der Waals surface area contributed by atoms with Crippen LogP contribution in [0.2, 0.25) is 0 Å². The molecule has 5 heteroatoms. The van der Waals surface area contributed by atoms with E-state index < -0.39 is 12.6 Å². The van der Waals surface area contributed by atoms with Crippen LogP contribution in [-0.2, 0) is 0 Å². The Morgan fingerprint density at radius 2 is 1.71 bits per heavy atom. The molecule has 0 bridgehead atoms. The molecule has 0 aliphatic rings. The lowest BCUT2D eigenvalue weighted by Crippen LogP contribution is -2.21. The maximum Gasteiger partial charge on any atom is 0.389 e. The molecule has 2 nitrogen and oxygen atoms in total. The molecule has 0 aromatic heterocycles. The van der Waals surface area contributed by atoms with E-state index in [-0.39, 0.29) is 12.5 Å². The van der Waals surface area contributed by atoms with Gasteiger partial charge in [0.05, 0.1) is 6.61 Å². The van der Waals surface area contributed by atoms with E-state index in [1.54, 1.807) is 0 Å². The van der Waals surface area contributed by atoms with Gasteiger partial charge in [-0.05, 0) is 43.5 Å². The van der Waals surface area contributed by atoms with Gasteiger partial charge in [-0.15, -0.1) is 0 Å². The minimum atomic E-state index is -4.07. The summed E-state index contributed by atoms with van der Waals surface area (Å²) in [7, 11) is 0. The van der Waals surface area contributed by atoms with Crippen molar-refractivity contribution >= 4 is 0 Å². The van der Waals surface area contributed by atoms with Crippen molar-refractivity contribution < 1.29 is 17.9 Å². The molecule has 1 rings (SSSR count). The predicted molar refractivity (Wildman–Crippen MR) is 78.5 cm³/mol. The monoisotopic (exact) mass is 303 g/mol. The topological polar surface area (TPSA) is 21.3 Å². The zero-order valence-electron chi connectivity index (χ0n) is 12.8. The Morgan fingerprint density at radius 1 is 1.10 bits per heavy atom. The molecule has 0 radical (unpaired) electrons. The lowest BCUT2D eigenvalue weighted by Gasteiger charge is -2.15. The molecule has 0 aliphatic heterocycles. The summed E-state index contributed by atoms with van der Waals surface area (Å²) in [6, 6.07) is 7.70. The third-order valence-electron chi connectivity index (χ3n) is 3.05. The minimum absolute atomic E-state index is 0.0254. The third kappa shape index (κ3) is 7.95. The second-order valence-corrected chi connectivity index (χ2v) is 5.67. The number of hydrogen-bond donors (Lipinski definition) is 1. The molecule has 1 N–H and O–H groups in total. The van der Waals surface area contributed by atoms with Gasteiger partial charge in [-0.3, -0.25) is 0 Å². The number of benzene rings is 1. The Balaban J connectivity index is 2.35. The van der Waals surface area contributed by atoms with Gasteiger partial charge in [0.15, 0.2) is 0 Å². The van der Waals surface area contributed by atoms with Crippen molar-refractivity contribution in [3.63, 3.8) is 0 Å². The van der Waals surface area contributed by atoms with Crippen LogP contribution >= 0.6 is 0 Å². The highest BCUT2D eigenvalue weighted by atomic mass is 19.4. The largest absolute Gasteiger partial charge is 0.493 e. The van der Waals surface area contributed by atoms with E-state index in [4.69, 9.17) is 4.74 Å². The van der Waals surface area contributed by atoms with Crippen molar-refractivity contribution in [2.24, 2.45) is 5.92 Å². The summed E-state index contributed by atoms with van der Waals surface area (Å²) in [5, 5.41) is 3.10. The summed E-state index contributed by atoms with van der Waals surface area (Å²) in [5.74, 6) is 1.29. The first kappa shape index (κ1) is 17.8. The van der Waals surface area contributed by atoms with Crippen molar-refractivity contribution in [1.29, 1.82) is 0 Å². The molecule has 120 valence electrons. The molecule has 0 heterocycles. The normalized spacial score (nSPS) is 13.5. The summed E-state index contributed by atoms with van der Waals surface area (Å²) in [4.78, 5) is 0. The van der Waals surface area contributed by atoms with Crippen molar-refractivity contribution in [2.45, 2.75) is 45.8 Å². The zero-order valence-corrected chi connectivity index (χ0v) is 12.8. The zero-order chi connectivity index (χ0) is 15.9. The molecular formula is C16H24F3NO. The van der Waals surface area contributed by atoms with Crippen molar-refractivity contribution in [3.05, 3.63) is 29.8 Å². The third-order valence-corrected chi connectivity index (χ3v) is 3.05. The van der Waals surface area contributed by atoms with Crippen LogP contribution in [0.25, 0.3) is 0 Å². The van der Waals surface area contributed by atoms with Gasteiger partial charge in [0.25, 0.3) is 0 Å². The van der Waals surface area contributed by atoms with Crippen LogP contribution in [0.4, 0.5) is 13.2 Å². The Labute approximate surface area is 124 Å². The van der Waals surface area contributed by atoms with Crippen LogP contribution in [0.1, 0.15) is 45.2 Å². The van der Waals surface area contributed by atoms with E-state index in [1.807, 2.05) is 31.2 Å². The quantitative estimate of drug-likeness (QED) is 0.702. The van der Waals surface area contributed by atoms with E-state index >= 15 is 0 Å². The van der Waals surface area contributed by atoms with Crippen LogP contribution in [0.5, 0.6) is 5.75 Å². The second kappa shape index (κ2) is 8.27. The van der Waals surface area contributed by atoms with Crippen LogP contribution < -0.4 is 10.1 Å². The van der Waals surface area contributed by atoms with Gasteiger partial charge < -0.3 is 10.1 Å². The van der Waals surface area contributed by atoms with Crippen molar-refractivity contribution in [1.82, 2.24) is 5.32 Å². The lowest BCUT2D eigenvalue weighted by atomic mass is 10.1. The Hall–Kier alpha value is -1.23. The lowest BCUT2D eigenvalue weighted by molar-refractivity contribution is -0.135. The summed E-state index contributed by atoms with van der Waals surface area (Å²) in [6.07, 6.45) is -4.71. The first-order valence-corrected chi connectivity index (χ1v) is 7.31. The van der Waals surface area contributed by atoms with Crippen molar-refractivity contribution in [3.8, 4) is 5.75 Å². The molecular weight excluding hydrogens is 279 g/mol. The highest BCUT2D eigenvalue weighted by Gasteiger charge is 2.25. The summed E-state index contributed by atoms with van der Waals surface area (Å²) >= 11 is 0. The SMILES string of the molecule is CC(C)COc1ccc(C(C)NCCCC(F)(F)F)cc1. The van der Waals surface area contributed by atoms with Crippen LogP contribution in [0.3, 0.4) is 0 Å². The molecule has 0 saturated carbocycles. The van der Waals surface area contributed by atoms with Gasteiger partial charge in [0.2, 0.25) is 0 Å². The van der Waals surface area contributed by atoms with Crippen LogP contribution in [0.15, 0.2) is 24.3 Å². The smallest absolute Gasteiger partial charge is 0.389 e. The number of ether oxygens (including phenoxy) is 1. The highest BCUT2D eigenvalue weighted by Crippen LogP contribution is 2.22. The highest BCUT2D eigenvalue weighted by molar-refractivity contribution is 5.28. The maximum atomic E-state index is 12.0. The van der Waals surface area contributed by atoms with Crippen LogP contribution in [0, 0.1) is 5.92 Å². The molecule has 1 atom stereocenters. The summed E-state index contributed by atoms with van der Waals surface area (Å²) in [5.41, 5.74) is 1.04. The Kier molecular flexibility index (Phi) is 7.02. The van der Waals surface area contributed by atoms with Gasteiger partial charge >= 0.3 is 6.18 Å². The number of rotatable bonds is 8. The van der Waals surface area contributed by atoms with Crippen LogP contribution in [-0.4, -0.2) is 19.3 Å². The summed E-state index contributed by atoms with van der Waals surface area (Å²) < 4.78 is 41.7. The fraction of sp³-hybridized carbons (Fsp3) is 0.625. The maximum absolute atomic E-state index is 12.0. The fourth-order valence-electron chi connectivity index (χ4n) is 1.84. The second-order valence-electron chi connectivity index (χ2n) is 5.67. The molecule has 0 amide bonds. The molecule has 0 saturated heterocycles. The number of hydrogen-bond acceptors (Lipinski definition) is 2. The van der Waals surface area contributed by atoms with Gasteiger partial charge in [-0.2, -0.15) is 13.2 Å². The Bertz CT molecular complexity index is 401. The molecule has 1 unspecified atom stereocenters. The van der Waals surface area contributed by atoms with Gasteiger partial charge in [-0.1, -0.05) is 26.0 Å². The number of alkyl halides is 3. The average Bonchev–Trinajstić information content (AvgIpc) is 2.40. The first-order valence-electron chi connectivity index (χ1n) is 7.31. The van der Waals surface area contributed by atoms with Gasteiger partial charge in [0.1, 0.15) is 5.75 Å². The number of halogens is 3. The van der Waals surface area contributed by atoms with E-state index in [0.717, 1.165) is 11.3 Å². The van der Waals surface area contributed by atoms with E-state index in [2.05, 4.69) is 19.2 Å². The standard InChI is InChI=1S/C16H24F3NO/c1-12(2)11-21-15-7-5-14(6-8-15)13(3)20-10-4-9-16(17,18)19/h5-8,12-13,20H,4,9-11H2,1-3H3. The molecule has 0 spiro atoms. The molecule has 0 fully saturated rings. The first-order chi connectivity index (χ1) is 9.78. The van der Waals surface area contributed by atoms with Gasteiger partial charge in [0, 0.05) is 12.5 Å². The average molecular weight is 303 g/mol. The molecule has 1 aromatic carbocycles. The Morgan fingerprint density at radius 3 is 2.24 bits per heavy atom. The summed E-state index contributed by atoms with van der Waals surface area (Å²) in [6.45, 7) is 7.14. The fourth-order valence-corrected chi connectivity index (χ4v) is 1.84. The van der Waals surface area contributed by atoms with Crippen molar-refractivity contribution in [2.75, 3.05) is 13.2 Å². The number of nitrogens with one attached hydrogen (secondary N) is 1. The predicted octanol–water partition coefficient (Wildman–Crippen LogP) is 4.71.